The Bertz CT molecular complexity index is 361. The smallest absolute Gasteiger partial charge is 0.0454 e. The Morgan fingerprint density at radius 1 is 1.00 bits per heavy atom. The maximum Gasteiger partial charge on any atom is 0.0454 e. The van der Waals surface area contributed by atoms with Gasteiger partial charge in [0.05, 0.1) is 0 Å². The van der Waals surface area contributed by atoms with Crippen molar-refractivity contribution in [1.82, 2.24) is 10.3 Å². The van der Waals surface area contributed by atoms with E-state index in [0.717, 1.165) is 11.3 Å². The topological polar surface area (TPSA) is 24.9 Å². The summed E-state index contributed by atoms with van der Waals surface area (Å²) in [5, 5.41) is 3.19. The molecule has 0 aromatic carbocycles. The number of nitrogens with zero attached hydrogens (tertiary/aromatic N) is 1. The highest BCUT2D eigenvalue weighted by Gasteiger charge is 1.97. The van der Waals surface area contributed by atoms with Crippen molar-refractivity contribution in [2.75, 3.05) is 0 Å². The Hall–Kier alpha value is -1.83. The van der Waals surface area contributed by atoms with Crippen LogP contribution in [0.4, 0.5) is 0 Å². The highest BCUT2D eigenvalue weighted by Crippen LogP contribution is 2.11. The van der Waals surface area contributed by atoms with Gasteiger partial charge in [-0.25, -0.2) is 0 Å². The van der Waals surface area contributed by atoms with Gasteiger partial charge in [0.1, 0.15) is 0 Å². The number of rotatable bonds is 1. The Morgan fingerprint density at radius 3 is 2.69 bits per heavy atom. The van der Waals surface area contributed by atoms with Crippen LogP contribution >= 0.6 is 0 Å². The molecule has 0 spiro atoms. The molecule has 0 saturated carbocycles. The zero-order valence-electron chi connectivity index (χ0n) is 7.14. The maximum atomic E-state index is 3.97. The van der Waals surface area contributed by atoms with Crippen LogP contribution in [0.3, 0.4) is 0 Å². The van der Waals surface area contributed by atoms with Gasteiger partial charge in [0, 0.05) is 29.9 Å². The summed E-state index contributed by atoms with van der Waals surface area (Å²) in [4.78, 5) is 3.97. The summed E-state index contributed by atoms with van der Waals surface area (Å²) in [5.41, 5.74) is 2.23. The van der Waals surface area contributed by atoms with Crippen LogP contribution in [0, 0.1) is 0 Å². The van der Waals surface area contributed by atoms with Crippen LogP contribution in [0.25, 0.3) is 5.70 Å². The molecule has 2 rings (SSSR count). The van der Waals surface area contributed by atoms with E-state index in [9.17, 15) is 0 Å². The Kier molecular flexibility index (Phi) is 2.23. The van der Waals surface area contributed by atoms with Gasteiger partial charge in [0.25, 0.3) is 0 Å². The summed E-state index contributed by atoms with van der Waals surface area (Å²) < 4.78 is 0. The minimum absolute atomic E-state index is 1.09. The van der Waals surface area contributed by atoms with Crippen LogP contribution in [0.1, 0.15) is 5.56 Å². The highest BCUT2D eigenvalue weighted by molar-refractivity contribution is 5.66. The van der Waals surface area contributed by atoms with E-state index in [-0.39, 0.29) is 0 Å². The van der Waals surface area contributed by atoms with Crippen LogP contribution in [0.15, 0.2) is 55.0 Å². The second-order valence-corrected chi connectivity index (χ2v) is 2.70. The fourth-order valence-corrected chi connectivity index (χ4v) is 1.17. The number of hydrogen-bond acceptors (Lipinski definition) is 2. The third-order valence-corrected chi connectivity index (χ3v) is 1.81. The average Bonchev–Trinajstić information content (AvgIpc) is 2.47. The van der Waals surface area contributed by atoms with Crippen molar-refractivity contribution in [3.05, 3.63) is 60.6 Å². The second-order valence-electron chi connectivity index (χ2n) is 2.70. The second kappa shape index (κ2) is 3.72. The maximum absolute atomic E-state index is 3.97. The first-order valence-corrected chi connectivity index (χ1v) is 4.17. The molecule has 0 atom stereocenters. The standard InChI is InChI=1S/C11H10N2/c1-2-4-11(13-7-3-1)10-5-8-12-9-6-10/h1-9,13H. The number of pyridine rings is 1. The SMILES string of the molecule is C1=CC=C(c2ccncc2)NC=C1. The van der Waals surface area contributed by atoms with Gasteiger partial charge >= 0.3 is 0 Å². The molecule has 0 aliphatic carbocycles. The molecule has 0 amide bonds. The molecule has 1 aliphatic heterocycles. The van der Waals surface area contributed by atoms with Gasteiger partial charge < -0.3 is 5.32 Å². The van der Waals surface area contributed by atoms with E-state index in [2.05, 4.69) is 10.3 Å². The lowest BCUT2D eigenvalue weighted by molar-refractivity contribution is 1.21. The zero-order valence-corrected chi connectivity index (χ0v) is 7.14. The molecule has 0 bridgehead atoms. The van der Waals surface area contributed by atoms with Crippen LogP contribution in [0.5, 0.6) is 0 Å². The van der Waals surface area contributed by atoms with Crippen molar-refractivity contribution in [3.63, 3.8) is 0 Å². The van der Waals surface area contributed by atoms with Crippen LogP contribution in [0.2, 0.25) is 0 Å². The number of hydrogen-bond donors (Lipinski definition) is 1. The lowest BCUT2D eigenvalue weighted by Crippen LogP contribution is -2.02. The van der Waals surface area contributed by atoms with E-state index < -0.39 is 0 Å². The molecule has 1 aromatic rings. The third-order valence-electron chi connectivity index (χ3n) is 1.81. The van der Waals surface area contributed by atoms with Gasteiger partial charge in [-0.05, 0) is 24.3 Å². The quantitative estimate of drug-likeness (QED) is 0.698. The van der Waals surface area contributed by atoms with Crippen molar-refractivity contribution in [2.24, 2.45) is 0 Å². The lowest BCUT2D eigenvalue weighted by atomic mass is 10.2. The van der Waals surface area contributed by atoms with Gasteiger partial charge in [-0.3, -0.25) is 4.98 Å². The Balaban J connectivity index is 2.32. The first kappa shape index (κ1) is 7.80. The number of aromatic nitrogens is 1. The molecule has 1 N–H and O–H groups in total. The van der Waals surface area contributed by atoms with E-state index in [4.69, 9.17) is 0 Å². The Morgan fingerprint density at radius 2 is 1.85 bits per heavy atom. The van der Waals surface area contributed by atoms with E-state index in [1.807, 2.05) is 42.6 Å². The fourth-order valence-electron chi connectivity index (χ4n) is 1.17. The van der Waals surface area contributed by atoms with Crippen molar-refractivity contribution in [1.29, 1.82) is 0 Å². The van der Waals surface area contributed by atoms with Crippen molar-refractivity contribution in [3.8, 4) is 0 Å². The summed E-state index contributed by atoms with van der Waals surface area (Å²) in [6.45, 7) is 0. The van der Waals surface area contributed by atoms with Gasteiger partial charge in [0.2, 0.25) is 0 Å². The molecule has 0 fully saturated rings. The van der Waals surface area contributed by atoms with Gasteiger partial charge in [-0.15, -0.1) is 0 Å². The van der Waals surface area contributed by atoms with Gasteiger partial charge in [-0.2, -0.15) is 0 Å². The summed E-state index contributed by atoms with van der Waals surface area (Å²) >= 11 is 0. The molecule has 1 aromatic heterocycles. The summed E-state index contributed by atoms with van der Waals surface area (Å²) in [6.07, 6.45) is 13.5. The largest absolute Gasteiger partial charge is 0.361 e. The highest BCUT2D eigenvalue weighted by atomic mass is 14.8. The van der Waals surface area contributed by atoms with E-state index >= 15 is 0 Å². The van der Waals surface area contributed by atoms with Crippen molar-refractivity contribution in [2.45, 2.75) is 0 Å². The van der Waals surface area contributed by atoms with Crippen molar-refractivity contribution < 1.29 is 0 Å². The molecule has 0 unspecified atom stereocenters. The molecule has 0 saturated heterocycles. The first-order valence-electron chi connectivity index (χ1n) is 4.17. The molecule has 1 aliphatic rings. The fraction of sp³-hybridized carbons (Fsp3) is 0. The Labute approximate surface area is 77.3 Å². The minimum atomic E-state index is 1.09. The first-order chi connectivity index (χ1) is 6.47. The number of nitrogens with one attached hydrogen (secondary N) is 1. The molecular weight excluding hydrogens is 160 g/mol. The van der Waals surface area contributed by atoms with Gasteiger partial charge in [0.15, 0.2) is 0 Å². The lowest BCUT2D eigenvalue weighted by Gasteiger charge is -2.04. The monoisotopic (exact) mass is 170 g/mol. The van der Waals surface area contributed by atoms with Crippen molar-refractivity contribution >= 4 is 5.70 Å². The molecular formula is C11H10N2. The minimum Gasteiger partial charge on any atom is -0.361 e. The van der Waals surface area contributed by atoms with Crippen LogP contribution < -0.4 is 5.32 Å². The predicted molar refractivity (Wildman–Crippen MR) is 53.6 cm³/mol. The zero-order chi connectivity index (χ0) is 8.93. The molecule has 2 heteroatoms. The molecule has 0 radical (unpaired) electrons. The molecule has 2 heterocycles. The normalized spacial score (nSPS) is 14.6. The van der Waals surface area contributed by atoms with Crippen LogP contribution in [-0.2, 0) is 0 Å². The van der Waals surface area contributed by atoms with E-state index in [1.165, 1.54) is 0 Å². The average molecular weight is 170 g/mol. The summed E-state index contributed by atoms with van der Waals surface area (Å²) in [6, 6.07) is 3.96. The molecule has 13 heavy (non-hydrogen) atoms. The molecule has 2 nitrogen and oxygen atoms in total. The van der Waals surface area contributed by atoms with E-state index in [0.29, 0.717) is 0 Å². The van der Waals surface area contributed by atoms with E-state index in [1.54, 1.807) is 12.4 Å². The molecule has 64 valence electrons. The predicted octanol–water partition coefficient (Wildman–Crippen LogP) is 2.10. The van der Waals surface area contributed by atoms with Gasteiger partial charge in [-0.1, -0.05) is 12.2 Å². The number of allylic oxidation sites excluding steroid dienone is 4. The summed E-state index contributed by atoms with van der Waals surface area (Å²) in [5.74, 6) is 0. The van der Waals surface area contributed by atoms with Crippen LogP contribution in [-0.4, -0.2) is 4.98 Å². The third kappa shape index (κ3) is 1.85. The summed E-state index contributed by atoms with van der Waals surface area (Å²) in [7, 11) is 0.